The molecule has 2 aromatic rings. The van der Waals surface area contributed by atoms with Gasteiger partial charge in [-0.3, -0.25) is 14.7 Å². The first-order valence-electron chi connectivity index (χ1n) is 7.76. The van der Waals surface area contributed by atoms with Crippen LogP contribution in [0.3, 0.4) is 0 Å². The fourth-order valence-electron chi connectivity index (χ4n) is 2.19. The van der Waals surface area contributed by atoms with E-state index < -0.39 is 23.8 Å². The van der Waals surface area contributed by atoms with Gasteiger partial charge in [0.15, 0.2) is 5.69 Å². The highest BCUT2D eigenvalue weighted by atomic mass is 32.1. The Balaban J connectivity index is 1.87. The maximum Gasteiger partial charge on any atom is 0.326 e. The number of carboxylic acid groups (broad SMARTS) is 1. The predicted molar refractivity (Wildman–Crippen MR) is 93.3 cm³/mol. The smallest absolute Gasteiger partial charge is 0.326 e. The zero-order valence-corrected chi connectivity index (χ0v) is 14.7. The van der Waals surface area contributed by atoms with E-state index >= 15 is 0 Å². The summed E-state index contributed by atoms with van der Waals surface area (Å²) in [6.45, 7) is 3.42. The summed E-state index contributed by atoms with van der Waals surface area (Å²) in [5.41, 5.74) is 0.876. The van der Waals surface area contributed by atoms with Crippen molar-refractivity contribution in [2.24, 2.45) is 5.92 Å². The normalized spacial score (nSPS) is 12.0. The van der Waals surface area contributed by atoms with Crippen molar-refractivity contribution in [2.75, 3.05) is 6.54 Å². The van der Waals surface area contributed by atoms with Crippen molar-refractivity contribution in [3.8, 4) is 10.6 Å². The van der Waals surface area contributed by atoms with Gasteiger partial charge in [-0.05, 0) is 29.9 Å². The Kier molecular flexibility index (Phi) is 6.29. The SMILES string of the molecule is CC(C)C[C@H](NC(=O)CNC(=O)c1cc(-c2cccs2)[nH]n1)C(=O)O. The summed E-state index contributed by atoms with van der Waals surface area (Å²) in [4.78, 5) is 36.0. The van der Waals surface area contributed by atoms with Crippen molar-refractivity contribution in [3.05, 3.63) is 29.3 Å². The number of thiophene rings is 1. The number of carbonyl (C=O) groups excluding carboxylic acids is 2. The third kappa shape index (κ3) is 5.42. The van der Waals surface area contributed by atoms with E-state index in [-0.39, 0.29) is 18.2 Å². The number of amides is 2. The molecular weight excluding hydrogens is 344 g/mol. The molecule has 4 N–H and O–H groups in total. The highest BCUT2D eigenvalue weighted by Gasteiger charge is 2.21. The Morgan fingerprint density at radius 3 is 2.72 bits per heavy atom. The van der Waals surface area contributed by atoms with Crippen molar-refractivity contribution >= 4 is 29.1 Å². The van der Waals surface area contributed by atoms with E-state index in [0.717, 1.165) is 4.88 Å². The van der Waals surface area contributed by atoms with Gasteiger partial charge in [-0.15, -0.1) is 11.3 Å². The van der Waals surface area contributed by atoms with Gasteiger partial charge in [0.2, 0.25) is 5.91 Å². The molecule has 0 unspecified atom stereocenters. The average Bonchev–Trinajstić information content (AvgIpc) is 3.22. The minimum absolute atomic E-state index is 0.121. The van der Waals surface area contributed by atoms with E-state index in [1.807, 2.05) is 31.4 Å². The summed E-state index contributed by atoms with van der Waals surface area (Å²) in [6.07, 6.45) is 0.318. The number of aromatic amines is 1. The predicted octanol–water partition coefficient (Wildman–Crippen LogP) is 1.48. The van der Waals surface area contributed by atoms with E-state index in [4.69, 9.17) is 5.11 Å². The quantitative estimate of drug-likeness (QED) is 0.565. The number of hydrogen-bond acceptors (Lipinski definition) is 5. The number of hydrogen-bond donors (Lipinski definition) is 4. The lowest BCUT2D eigenvalue weighted by atomic mass is 10.0. The fourth-order valence-corrected chi connectivity index (χ4v) is 2.88. The second-order valence-electron chi connectivity index (χ2n) is 5.91. The van der Waals surface area contributed by atoms with Crippen LogP contribution in [0.15, 0.2) is 23.6 Å². The molecule has 0 saturated carbocycles. The summed E-state index contributed by atoms with van der Waals surface area (Å²) in [6, 6.07) is 4.41. The molecule has 0 aliphatic heterocycles. The Labute approximate surface area is 148 Å². The molecule has 2 amide bonds. The van der Waals surface area contributed by atoms with Crippen molar-refractivity contribution in [1.29, 1.82) is 0 Å². The summed E-state index contributed by atoms with van der Waals surface area (Å²) in [5.74, 6) is -2.04. The molecule has 1 atom stereocenters. The second kappa shape index (κ2) is 8.43. The molecule has 0 aromatic carbocycles. The number of nitrogens with one attached hydrogen (secondary N) is 3. The second-order valence-corrected chi connectivity index (χ2v) is 6.86. The van der Waals surface area contributed by atoms with Gasteiger partial charge in [0.05, 0.1) is 17.1 Å². The highest BCUT2D eigenvalue weighted by Crippen LogP contribution is 2.22. The van der Waals surface area contributed by atoms with Gasteiger partial charge in [-0.25, -0.2) is 4.79 Å². The van der Waals surface area contributed by atoms with Gasteiger partial charge in [-0.2, -0.15) is 5.10 Å². The average molecular weight is 364 g/mol. The molecule has 134 valence electrons. The van der Waals surface area contributed by atoms with Gasteiger partial charge in [-0.1, -0.05) is 19.9 Å². The molecular formula is C16H20N4O4S. The number of rotatable bonds is 8. The summed E-state index contributed by atoms with van der Waals surface area (Å²) >= 11 is 1.51. The molecule has 0 radical (unpaired) electrons. The lowest BCUT2D eigenvalue weighted by molar-refractivity contribution is -0.142. The zero-order chi connectivity index (χ0) is 18.4. The van der Waals surface area contributed by atoms with Crippen LogP contribution in [0.4, 0.5) is 0 Å². The van der Waals surface area contributed by atoms with Crippen LogP contribution in [0, 0.1) is 5.92 Å². The van der Waals surface area contributed by atoms with E-state index in [2.05, 4.69) is 20.8 Å². The first-order valence-corrected chi connectivity index (χ1v) is 8.64. The summed E-state index contributed by atoms with van der Waals surface area (Å²) < 4.78 is 0. The Hall–Kier alpha value is -2.68. The van der Waals surface area contributed by atoms with Crippen molar-refractivity contribution in [2.45, 2.75) is 26.3 Å². The Morgan fingerprint density at radius 2 is 2.12 bits per heavy atom. The monoisotopic (exact) mass is 364 g/mol. The third-order valence-corrected chi connectivity index (χ3v) is 4.25. The first kappa shape index (κ1) is 18.7. The molecule has 2 rings (SSSR count). The van der Waals surface area contributed by atoms with Gasteiger partial charge in [0.1, 0.15) is 6.04 Å². The topological polar surface area (TPSA) is 124 Å². The van der Waals surface area contributed by atoms with Gasteiger partial charge >= 0.3 is 5.97 Å². The minimum atomic E-state index is -1.10. The van der Waals surface area contributed by atoms with Gasteiger partial charge in [0, 0.05) is 0 Å². The van der Waals surface area contributed by atoms with Gasteiger partial charge in [0.25, 0.3) is 5.91 Å². The molecule has 2 aromatic heterocycles. The molecule has 0 aliphatic carbocycles. The molecule has 9 heteroatoms. The molecule has 0 fully saturated rings. The first-order chi connectivity index (χ1) is 11.9. The number of aliphatic carboxylic acids is 1. The van der Waals surface area contributed by atoms with Crippen LogP contribution in [0.5, 0.6) is 0 Å². The van der Waals surface area contributed by atoms with Crippen LogP contribution in [0.25, 0.3) is 10.6 Å². The third-order valence-electron chi connectivity index (χ3n) is 3.35. The standard InChI is InChI=1S/C16H20N4O4S/c1-9(2)6-12(16(23)24)18-14(21)8-17-15(22)11-7-10(19-20-11)13-4-3-5-25-13/h3-5,7,9,12H,6,8H2,1-2H3,(H,17,22)(H,18,21)(H,19,20)(H,23,24)/t12-/m0/s1. The molecule has 2 heterocycles. The number of aromatic nitrogens is 2. The van der Waals surface area contributed by atoms with E-state index in [1.54, 1.807) is 6.07 Å². The molecule has 8 nitrogen and oxygen atoms in total. The largest absolute Gasteiger partial charge is 0.480 e. The molecule has 0 saturated heterocycles. The maximum absolute atomic E-state index is 12.0. The highest BCUT2D eigenvalue weighted by molar-refractivity contribution is 7.13. The molecule has 0 aliphatic rings. The van der Waals surface area contributed by atoms with Crippen molar-refractivity contribution in [1.82, 2.24) is 20.8 Å². The van der Waals surface area contributed by atoms with Gasteiger partial charge < -0.3 is 15.7 Å². The maximum atomic E-state index is 12.0. The lowest BCUT2D eigenvalue weighted by Crippen LogP contribution is -2.46. The fraction of sp³-hybridized carbons (Fsp3) is 0.375. The van der Waals surface area contributed by atoms with Crippen molar-refractivity contribution in [3.63, 3.8) is 0 Å². The lowest BCUT2D eigenvalue weighted by Gasteiger charge is -2.16. The van der Waals surface area contributed by atoms with E-state index in [1.165, 1.54) is 11.3 Å². The number of carbonyl (C=O) groups is 3. The van der Waals surface area contributed by atoms with Crippen LogP contribution < -0.4 is 10.6 Å². The van der Waals surface area contributed by atoms with E-state index in [0.29, 0.717) is 12.1 Å². The number of nitrogens with zero attached hydrogens (tertiary/aromatic N) is 1. The number of H-pyrrole nitrogens is 1. The van der Waals surface area contributed by atoms with E-state index in [9.17, 15) is 14.4 Å². The molecule has 0 bridgehead atoms. The Bertz CT molecular complexity index is 739. The van der Waals surface area contributed by atoms with Crippen LogP contribution >= 0.6 is 11.3 Å². The summed E-state index contributed by atoms with van der Waals surface area (Å²) in [5, 5.41) is 22.5. The van der Waals surface area contributed by atoms with Crippen LogP contribution in [0.2, 0.25) is 0 Å². The zero-order valence-electron chi connectivity index (χ0n) is 13.9. The number of carboxylic acids is 1. The summed E-state index contributed by atoms with van der Waals surface area (Å²) in [7, 11) is 0. The van der Waals surface area contributed by atoms with Crippen LogP contribution in [0.1, 0.15) is 30.8 Å². The minimum Gasteiger partial charge on any atom is -0.480 e. The Morgan fingerprint density at radius 1 is 1.36 bits per heavy atom. The van der Waals surface area contributed by atoms with Crippen LogP contribution in [-0.4, -0.2) is 45.7 Å². The molecule has 25 heavy (non-hydrogen) atoms. The molecule has 0 spiro atoms. The van der Waals surface area contributed by atoms with Crippen LogP contribution in [-0.2, 0) is 9.59 Å². The van der Waals surface area contributed by atoms with Crippen molar-refractivity contribution < 1.29 is 19.5 Å².